The van der Waals surface area contributed by atoms with Gasteiger partial charge in [0.2, 0.25) is 11.1 Å². The van der Waals surface area contributed by atoms with E-state index in [-0.39, 0.29) is 12.1 Å². The van der Waals surface area contributed by atoms with Crippen LogP contribution in [0.3, 0.4) is 0 Å². The van der Waals surface area contributed by atoms with Gasteiger partial charge in [0.25, 0.3) is 0 Å². The summed E-state index contributed by atoms with van der Waals surface area (Å²) in [6.45, 7) is 2.09. The Kier molecular flexibility index (Phi) is 5.60. The monoisotopic (exact) mass is 498 g/mol. The van der Waals surface area contributed by atoms with E-state index in [9.17, 15) is 0 Å². The Bertz CT molecular complexity index is 1480. The Morgan fingerprint density at radius 2 is 1.69 bits per heavy atom. The van der Waals surface area contributed by atoms with E-state index >= 15 is 0 Å². The van der Waals surface area contributed by atoms with Crippen LogP contribution in [-0.4, -0.2) is 35.2 Å². The van der Waals surface area contributed by atoms with Gasteiger partial charge in [-0.25, -0.2) is 4.68 Å². The molecule has 182 valence electrons. The summed E-state index contributed by atoms with van der Waals surface area (Å²) in [5.74, 6) is 2.86. The second-order valence-corrected chi connectivity index (χ2v) is 9.52. The number of para-hydroxylation sites is 1. The van der Waals surface area contributed by atoms with Gasteiger partial charge >= 0.3 is 0 Å². The number of fused-ring (bicyclic) bond motifs is 3. The quantitative estimate of drug-likeness (QED) is 0.344. The van der Waals surface area contributed by atoms with Crippen molar-refractivity contribution in [3.8, 4) is 17.2 Å². The summed E-state index contributed by atoms with van der Waals surface area (Å²) < 4.78 is 19.8. The first-order valence-electron chi connectivity index (χ1n) is 11.7. The number of anilines is 1. The molecule has 0 saturated carbocycles. The van der Waals surface area contributed by atoms with E-state index in [0.717, 1.165) is 33.7 Å². The van der Waals surface area contributed by atoms with E-state index in [1.54, 1.807) is 14.2 Å². The maximum Gasteiger partial charge on any atom is 0.227 e. The van der Waals surface area contributed by atoms with E-state index in [1.807, 2.05) is 41.3 Å². The number of nitrogens with zero attached hydrogens (tertiary/aromatic N) is 3. The van der Waals surface area contributed by atoms with Gasteiger partial charge in [-0.3, -0.25) is 0 Å². The highest BCUT2D eigenvalue weighted by atomic mass is 32.2. The van der Waals surface area contributed by atoms with Gasteiger partial charge in [-0.15, -0.1) is 5.10 Å². The van der Waals surface area contributed by atoms with E-state index in [4.69, 9.17) is 24.3 Å². The molecule has 0 radical (unpaired) electrons. The van der Waals surface area contributed by atoms with Gasteiger partial charge in [-0.05, 0) is 48.6 Å². The van der Waals surface area contributed by atoms with Gasteiger partial charge < -0.3 is 19.5 Å². The number of benzene rings is 3. The molecule has 7 nitrogen and oxygen atoms in total. The lowest BCUT2D eigenvalue weighted by molar-refractivity contribution is 0.223. The molecule has 0 amide bonds. The highest BCUT2D eigenvalue weighted by Gasteiger charge is 2.41. The van der Waals surface area contributed by atoms with Crippen LogP contribution in [0.2, 0.25) is 0 Å². The molecule has 4 aromatic rings. The van der Waals surface area contributed by atoms with Gasteiger partial charge in [0.15, 0.2) is 11.5 Å². The number of aromatic nitrogens is 3. The van der Waals surface area contributed by atoms with Crippen molar-refractivity contribution >= 4 is 23.4 Å². The van der Waals surface area contributed by atoms with E-state index in [2.05, 4.69) is 48.6 Å². The number of hydrogen-bond acceptors (Lipinski definition) is 7. The molecule has 2 aliphatic rings. The molecule has 0 aliphatic carbocycles. The number of thioether (sulfide) groups is 1. The largest absolute Gasteiger partial charge is 0.493 e. The minimum absolute atomic E-state index is 0.274. The number of hydrogen-bond donors (Lipinski definition) is 1. The molecule has 1 N–H and O–H groups in total. The normalized spacial score (nSPS) is 17.9. The fraction of sp³-hybridized carbons (Fsp3) is 0.214. The smallest absolute Gasteiger partial charge is 0.227 e. The maximum absolute atomic E-state index is 6.71. The third-order valence-electron chi connectivity index (χ3n) is 6.65. The summed E-state index contributed by atoms with van der Waals surface area (Å²) in [6, 6.07) is 22.3. The lowest BCUT2D eigenvalue weighted by Gasteiger charge is -2.39. The zero-order chi connectivity index (χ0) is 24.8. The van der Waals surface area contributed by atoms with Gasteiger partial charge in [0, 0.05) is 11.1 Å². The number of aryl methyl sites for hydroxylation is 1. The second kappa shape index (κ2) is 8.95. The average Bonchev–Trinajstić information content (AvgIpc) is 3.34. The van der Waals surface area contributed by atoms with Crippen LogP contribution in [0.15, 0.2) is 77.5 Å². The summed E-state index contributed by atoms with van der Waals surface area (Å²) in [7, 11) is 3.29. The van der Waals surface area contributed by atoms with Crippen molar-refractivity contribution in [3.63, 3.8) is 0 Å². The SMILES string of the molecule is COc1ccc([C@H]2C3=C(Nc4nc(SC)nn42)c2ccccc2O[C@H]3c2ccc(C)cc2)cc1OC. The predicted octanol–water partition coefficient (Wildman–Crippen LogP) is 5.89. The third-order valence-corrected chi connectivity index (χ3v) is 7.18. The van der Waals surface area contributed by atoms with Gasteiger partial charge in [0.05, 0.1) is 19.9 Å². The number of methoxy groups -OCH3 is 2. The molecule has 8 heteroatoms. The lowest BCUT2D eigenvalue weighted by atomic mass is 9.84. The molecule has 3 aromatic carbocycles. The van der Waals surface area contributed by atoms with Crippen molar-refractivity contribution in [3.05, 3.63) is 94.6 Å². The summed E-state index contributed by atoms with van der Waals surface area (Å²) in [4.78, 5) is 4.77. The number of ether oxygens (including phenoxy) is 3. The molecule has 0 unspecified atom stereocenters. The minimum Gasteiger partial charge on any atom is -0.493 e. The molecule has 2 aliphatic heterocycles. The first kappa shape index (κ1) is 22.5. The van der Waals surface area contributed by atoms with E-state index < -0.39 is 0 Å². The summed E-state index contributed by atoms with van der Waals surface area (Å²) in [6.07, 6.45) is 1.66. The molecule has 2 atom stereocenters. The highest BCUT2D eigenvalue weighted by molar-refractivity contribution is 7.98. The lowest BCUT2D eigenvalue weighted by Crippen LogP contribution is -2.32. The van der Waals surface area contributed by atoms with Crippen molar-refractivity contribution in [2.75, 3.05) is 25.8 Å². The van der Waals surface area contributed by atoms with Crippen molar-refractivity contribution in [2.24, 2.45) is 0 Å². The van der Waals surface area contributed by atoms with Crippen LogP contribution in [0.25, 0.3) is 5.70 Å². The van der Waals surface area contributed by atoms with E-state index in [1.165, 1.54) is 17.3 Å². The predicted molar refractivity (Wildman–Crippen MR) is 141 cm³/mol. The van der Waals surface area contributed by atoms with Crippen molar-refractivity contribution < 1.29 is 14.2 Å². The van der Waals surface area contributed by atoms with Crippen LogP contribution in [0.5, 0.6) is 17.2 Å². The van der Waals surface area contributed by atoms with Crippen LogP contribution in [0.4, 0.5) is 5.95 Å². The molecular weight excluding hydrogens is 472 g/mol. The van der Waals surface area contributed by atoms with Crippen LogP contribution < -0.4 is 19.5 Å². The zero-order valence-corrected chi connectivity index (χ0v) is 21.3. The summed E-state index contributed by atoms with van der Waals surface area (Å²) >= 11 is 1.51. The number of rotatable bonds is 5. The standard InChI is InChI=1S/C28H26N4O3S/c1-16-9-11-17(12-10-16)26-23-24(19-7-5-6-8-20(19)35-26)29-27-30-28(36-4)31-32(27)25(23)18-13-14-21(33-2)22(15-18)34-3/h5-15,25-26H,1-4H3,(H,29,30,31)/t25-,26-/m0/s1. The first-order chi connectivity index (χ1) is 17.6. The second-order valence-electron chi connectivity index (χ2n) is 8.74. The van der Waals surface area contributed by atoms with E-state index in [0.29, 0.717) is 22.6 Å². The topological polar surface area (TPSA) is 70.4 Å². The molecule has 6 rings (SSSR count). The van der Waals surface area contributed by atoms with Crippen LogP contribution in [-0.2, 0) is 0 Å². The van der Waals surface area contributed by atoms with Gasteiger partial charge in [-0.2, -0.15) is 4.98 Å². The van der Waals surface area contributed by atoms with Crippen molar-refractivity contribution in [2.45, 2.75) is 24.2 Å². The molecule has 0 bridgehead atoms. The molecule has 0 saturated heterocycles. The van der Waals surface area contributed by atoms with Crippen LogP contribution in [0, 0.1) is 6.92 Å². The molecule has 3 heterocycles. The third kappa shape index (κ3) is 3.60. The fourth-order valence-electron chi connectivity index (χ4n) is 4.90. The van der Waals surface area contributed by atoms with Crippen LogP contribution >= 0.6 is 11.8 Å². The Morgan fingerprint density at radius 3 is 2.44 bits per heavy atom. The molecule has 0 spiro atoms. The van der Waals surface area contributed by atoms with Gasteiger partial charge in [0.1, 0.15) is 17.9 Å². The Morgan fingerprint density at radius 1 is 0.944 bits per heavy atom. The molecular formula is C28H26N4O3S. The average molecular weight is 499 g/mol. The minimum atomic E-state index is -0.323. The number of nitrogens with one attached hydrogen (secondary N) is 1. The Labute approximate surface area is 214 Å². The fourth-order valence-corrected chi connectivity index (χ4v) is 5.25. The molecule has 0 fully saturated rings. The molecule has 1 aromatic heterocycles. The Hall–Kier alpha value is -3.91. The summed E-state index contributed by atoms with van der Waals surface area (Å²) in [5, 5.41) is 9.15. The van der Waals surface area contributed by atoms with Crippen molar-refractivity contribution in [1.29, 1.82) is 0 Å². The van der Waals surface area contributed by atoms with Gasteiger partial charge in [-0.1, -0.05) is 59.8 Å². The van der Waals surface area contributed by atoms with Crippen molar-refractivity contribution in [1.82, 2.24) is 14.8 Å². The van der Waals surface area contributed by atoms with Crippen LogP contribution in [0.1, 0.15) is 34.4 Å². The summed E-state index contributed by atoms with van der Waals surface area (Å²) in [5.41, 5.74) is 6.33. The maximum atomic E-state index is 6.71. The first-order valence-corrected chi connectivity index (χ1v) is 12.9. The Balaban J connectivity index is 1.62. The zero-order valence-electron chi connectivity index (χ0n) is 20.5. The highest BCUT2D eigenvalue weighted by Crippen LogP contribution is 2.51. The molecule has 36 heavy (non-hydrogen) atoms.